The van der Waals surface area contributed by atoms with Gasteiger partial charge in [0.05, 0.1) is 29.9 Å². The highest BCUT2D eigenvalue weighted by molar-refractivity contribution is 14.1. The molecule has 2 aromatic carbocycles. The third-order valence-corrected chi connectivity index (χ3v) is 9.57. The maximum atomic E-state index is 13.1. The number of anilines is 1. The molecule has 0 spiro atoms. The summed E-state index contributed by atoms with van der Waals surface area (Å²) in [4.78, 5) is 2.20. The first-order valence-corrected chi connectivity index (χ1v) is 15.1. The second-order valence-electron chi connectivity index (χ2n) is 9.87. The monoisotopic (exact) mass is 640 g/mol. The van der Waals surface area contributed by atoms with Crippen molar-refractivity contribution in [2.45, 2.75) is 25.5 Å². The Labute approximate surface area is 231 Å². The van der Waals surface area contributed by atoms with E-state index >= 15 is 0 Å². The molecular formula is C26H30ClIN4O3S. The second kappa shape index (κ2) is 10.4. The Kier molecular flexibility index (Phi) is 7.44. The number of ether oxygens (including phenoxy) is 1. The molecule has 10 heteroatoms. The highest BCUT2D eigenvalue weighted by Gasteiger charge is 2.39. The number of piperazine rings is 1. The average molecular weight is 641 g/mol. The summed E-state index contributed by atoms with van der Waals surface area (Å²) in [5.41, 5.74) is 6.21. The maximum absolute atomic E-state index is 13.1. The standard InChI is InChI=1S/C26H30ClIN4O3S/c1-26(8-9-26)19-35-25-17-32(23-7-3-5-21(27)15-23)29-16-24(25)30-10-12-31(13-11-30)36(33,34)18-20-4-2-6-22(28)14-20/h2-7,14-17,29H,8-13,18-19H2,1H3. The van der Waals surface area contributed by atoms with E-state index in [1.807, 2.05) is 65.9 Å². The molecule has 1 N–H and O–H groups in total. The molecule has 2 aliphatic heterocycles. The van der Waals surface area contributed by atoms with Crippen molar-refractivity contribution < 1.29 is 13.2 Å². The van der Waals surface area contributed by atoms with Gasteiger partial charge in [0, 0.05) is 46.4 Å². The zero-order valence-corrected chi connectivity index (χ0v) is 23.9. The van der Waals surface area contributed by atoms with Crippen LogP contribution in [0.15, 0.2) is 72.4 Å². The molecule has 0 aromatic heterocycles. The van der Waals surface area contributed by atoms with Crippen LogP contribution in [0.5, 0.6) is 0 Å². The molecule has 0 atom stereocenters. The molecule has 1 aliphatic carbocycles. The fourth-order valence-electron chi connectivity index (χ4n) is 4.30. The quantitative estimate of drug-likeness (QED) is 0.414. The minimum absolute atomic E-state index is 0.0233. The van der Waals surface area contributed by atoms with E-state index in [2.05, 4.69) is 39.8 Å². The number of hydrogen-bond donors (Lipinski definition) is 1. The number of benzene rings is 2. The fraction of sp³-hybridized carbons (Fsp3) is 0.385. The van der Waals surface area contributed by atoms with E-state index in [1.54, 1.807) is 4.31 Å². The lowest BCUT2D eigenvalue weighted by atomic mass is 10.2. The number of halogens is 2. The lowest BCUT2D eigenvalue weighted by Gasteiger charge is -2.39. The Bertz CT molecular complexity index is 1290. The van der Waals surface area contributed by atoms with Gasteiger partial charge in [-0.1, -0.05) is 36.7 Å². The number of hydrogen-bond acceptors (Lipinski definition) is 6. The van der Waals surface area contributed by atoms with Gasteiger partial charge in [0.2, 0.25) is 10.0 Å². The first-order valence-electron chi connectivity index (χ1n) is 12.0. The third-order valence-electron chi connectivity index (χ3n) is 6.82. The summed E-state index contributed by atoms with van der Waals surface area (Å²) in [5.74, 6) is 0.798. The van der Waals surface area contributed by atoms with Crippen LogP contribution in [0, 0.1) is 8.99 Å². The van der Waals surface area contributed by atoms with Crippen LogP contribution in [0.4, 0.5) is 5.69 Å². The predicted molar refractivity (Wildman–Crippen MR) is 151 cm³/mol. The lowest BCUT2D eigenvalue weighted by Crippen LogP contribution is -2.49. The molecule has 5 rings (SSSR count). The Balaban J connectivity index is 1.27. The number of rotatable bonds is 8. The normalized spacial score (nSPS) is 19.9. The van der Waals surface area contributed by atoms with Crippen molar-refractivity contribution >= 4 is 49.9 Å². The summed E-state index contributed by atoms with van der Waals surface area (Å²) in [6, 6.07) is 15.3. The van der Waals surface area contributed by atoms with Crippen molar-refractivity contribution in [1.29, 1.82) is 0 Å². The molecule has 1 saturated heterocycles. The smallest absolute Gasteiger partial charge is 0.218 e. The zero-order valence-electron chi connectivity index (χ0n) is 20.2. The molecule has 2 heterocycles. The largest absolute Gasteiger partial charge is 0.489 e. The summed E-state index contributed by atoms with van der Waals surface area (Å²) in [7, 11) is -3.39. The maximum Gasteiger partial charge on any atom is 0.218 e. The van der Waals surface area contributed by atoms with Gasteiger partial charge < -0.3 is 9.64 Å². The Morgan fingerprint density at radius 3 is 2.53 bits per heavy atom. The minimum atomic E-state index is -3.39. The molecule has 1 saturated carbocycles. The topological polar surface area (TPSA) is 65.1 Å². The van der Waals surface area contributed by atoms with E-state index in [0.29, 0.717) is 37.8 Å². The van der Waals surface area contributed by atoms with Crippen LogP contribution >= 0.6 is 34.2 Å². The molecule has 2 aromatic rings. The number of nitrogens with zero attached hydrogens (tertiary/aromatic N) is 3. The second-order valence-corrected chi connectivity index (χ2v) is 13.5. The van der Waals surface area contributed by atoms with Crippen LogP contribution in [0.2, 0.25) is 5.02 Å². The zero-order chi connectivity index (χ0) is 25.3. The van der Waals surface area contributed by atoms with Crippen LogP contribution in [-0.2, 0) is 20.5 Å². The van der Waals surface area contributed by atoms with Gasteiger partial charge in [-0.15, -0.1) is 0 Å². The van der Waals surface area contributed by atoms with Gasteiger partial charge in [0.25, 0.3) is 0 Å². The Hall–Kier alpha value is -1.95. The van der Waals surface area contributed by atoms with Crippen molar-refractivity contribution in [3.63, 3.8) is 0 Å². The summed E-state index contributed by atoms with van der Waals surface area (Å²) in [5, 5.41) is 2.55. The molecule has 3 aliphatic rings. The SMILES string of the molecule is CC1(COC2=CN(c3cccc(Cl)c3)NC=C2N2CCN(S(=O)(=O)Cc3cccc(I)c3)CC2)CC1. The van der Waals surface area contributed by atoms with Crippen LogP contribution < -0.4 is 10.4 Å². The van der Waals surface area contributed by atoms with Gasteiger partial charge >= 0.3 is 0 Å². The van der Waals surface area contributed by atoms with Gasteiger partial charge in [0.1, 0.15) is 0 Å². The summed E-state index contributed by atoms with van der Waals surface area (Å²) in [6.07, 6.45) is 6.23. The molecule has 0 unspecified atom stereocenters. The first kappa shape index (κ1) is 25.7. The van der Waals surface area contributed by atoms with Gasteiger partial charge in [0.15, 0.2) is 5.76 Å². The van der Waals surface area contributed by atoms with Gasteiger partial charge in [-0.25, -0.2) is 8.42 Å². The fourth-order valence-corrected chi connectivity index (χ4v) is 6.60. The van der Waals surface area contributed by atoms with Crippen LogP contribution in [0.25, 0.3) is 0 Å². The Morgan fingerprint density at radius 1 is 1.08 bits per heavy atom. The van der Waals surface area contributed by atoms with E-state index in [-0.39, 0.29) is 11.2 Å². The lowest BCUT2D eigenvalue weighted by molar-refractivity contribution is 0.142. The van der Waals surface area contributed by atoms with Crippen molar-refractivity contribution in [1.82, 2.24) is 14.6 Å². The highest BCUT2D eigenvalue weighted by Crippen LogP contribution is 2.45. The van der Waals surface area contributed by atoms with E-state index in [9.17, 15) is 8.42 Å². The van der Waals surface area contributed by atoms with E-state index in [4.69, 9.17) is 16.3 Å². The third kappa shape index (κ3) is 6.12. The summed E-state index contributed by atoms with van der Waals surface area (Å²) >= 11 is 8.41. The molecule has 0 radical (unpaired) electrons. The van der Waals surface area contributed by atoms with Crippen LogP contribution in [0.1, 0.15) is 25.3 Å². The van der Waals surface area contributed by atoms with Crippen LogP contribution in [0.3, 0.4) is 0 Å². The molecule has 192 valence electrons. The summed E-state index contributed by atoms with van der Waals surface area (Å²) in [6.45, 7) is 4.95. The van der Waals surface area contributed by atoms with E-state index in [1.165, 1.54) is 12.8 Å². The molecule has 0 bridgehead atoms. The van der Waals surface area contributed by atoms with Crippen molar-refractivity contribution in [2.75, 3.05) is 37.8 Å². The molecular weight excluding hydrogens is 611 g/mol. The first-order chi connectivity index (χ1) is 17.2. The van der Waals surface area contributed by atoms with Crippen molar-refractivity contribution in [2.24, 2.45) is 5.41 Å². The molecule has 0 amide bonds. The number of hydrazine groups is 1. The number of sulfonamides is 1. The highest BCUT2D eigenvalue weighted by atomic mass is 127. The number of nitrogens with one attached hydrogen (secondary N) is 1. The molecule has 36 heavy (non-hydrogen) atoms. The minimum Gasteiger partial charge on any atom is -0.489 e. The van der Waals surface area contributed by atoms with E-state index in [0.717, 1.165) is 26.3 Å². The van der Waals surface area contributed by atoms with Crippen molar-refractivity contribution in [3.8, 4) is 0 Å². The molecule has 7 nitrogen and oxygen atoms in total. The van der Waals surface area contributed by atoms with Gasteiger partial charge in [-0.2, -0.15) is 4.31 Å². The summed E-state index contributed by atoms with van der Waals surface area (Å²) < 4.78 is 35.2. The van der Waals surface area contributed by atoms with Crippen molar-refractivity contribution in [3.05, 3.63) is 86.5 Å². The molecule has 2 fully saturated rings. The van der Waals surface area contributed by atoms with Gasteiger partial charge in [-0.3, -0.25) is 10.4 Å². The van der Waals surface area contributed by atoms with E-state index < -0.39 is 10.0 Å². The predicted octanol–water partition coefficient (Wildman–Crippen LogP) is 4.92. The average Bonchev–Trinajstić information content (AvgIpc) is 3.60. The van der Waals surface area contributed by atoms with Gasteiger partial charge in [-0.05, 0) is 71.3 Å². The Morgan fingerprint density at radius 2 is 1.83 bits per heavy atom. The van der Waals surface area contributed by atoms with Crippen LogP contribution in [-0.4, -0.2) is 50.4 Å².